The SMILES string of the molecule is CC(Nc1cc(Cl)ccc1-n1cccn1)c1cncs1. The van der Waals surface area contributed by atoms with Crippen LogP contribution in [0.4, 0.5) is 5.69 Å². The van der Waals surface area contributed by atoms with Gasteiger partial charge >= 0.3 is 0 Å². The number of nitrogens with zero attached hydrogens (tertiary/aromatic N) is 3. The summed E-state index contributed by atoms with van der Waals surface area (Å²) in [6.07, 6.45) is 5.54. The second kappa shape index (κ2) is 5.64. The maximum absolute atomic E-state index is 6.11. The number of benzene rings is 1. The molecule has 6 heteroatoms. The Morgan fingerprint density at radius 2 is 2.30 bits per heavy atom. The van der Waals surface area contributed by atoms with Crippen LogP contribution in [0.2, 0.25) is 5.02 Å². The van der Waals surface area contributed by atoms with Crippen LogP contribution in [0.15, 0.2) is 48.4 Å². The van der Waals surface area contributed by atoms with E-state index >= 15 is 0 Å². The average molecular weight is 305 g/mol. The molecule has 0 amide bonds. The van der Waals surface area contributed by atoms with Crippen molar-refractivity contribution in [1.29, 1.82) is 0 Å². The minimum atomic E-state index is 0.162. The maximum Gasteiger partial charge on any atom is 0.0878 e. The average Bonchev–Trinajstić information content (AvgIpc) is 3.12. The van der Waals surface area contributed by atoms with E-state index in [9.17, 15) is 0 Å². The van der Waals surface area contributed by atoms with E-state index in [1.807, 2.05) is 46.9 Å². The van der Waals surface area contributed by atoms with E-state index in [1.165, 1.54) is 4.88 Å². The third-order valence-electron chi connectivity index (χ3n) is 2.96. The van der Waals surface area contributed by atoms with Gasteiger partial charge in [0.05, 0.1) is 22.9 Å². The Kier molecular flexibility index (Phi) is 3.71. The number of rotatable bonds is 4. The van der Waals surface area contributed by atoms with Crippen LogP contribution < -0.4 is 5.32 Å². The van der Waals surface area contributed by atoms with Crippen LogP contribution in [0.3, 0.4) is 0 Å². The van der Waals surface area contributed by atoms with Crippen molar-refractivity contribution < 1.29 is 0 Å². The highest BCUT2D eigenvalue weighted by molar-refractivity contribution is 7.09. The molecular weight excluding hydrogens is 292 g/mol. The fraction of sp³-hybridized carbons (Fsp3) is 0.143. The summed E-state index contributed by atoms with van der Waals surface area (Å²) in [5.74, 6) is 0. The minimum Gasteiger partial charge on any atom is -0.376 e. The van der Waals surface area contributed by atoms with Crippen molar-refractivity contribution in [1.82, 2.24) is 14.8 Å². The molecule has 0 aliphatic heterocycles. The Morgan fingerprint density at radius 1 is 1.40 bits per heavy atom. The van der Waals surface area contributed by atoms with Crippen molar-refractivity contribution in [3.63, 3.8) is 0 Å². The number of halogens is 1. The lowest BCUT2D eigenvalue weighted by molar-refractivity contribution is 0.860. The van der Waals surface area contributed by atoms with Crippen LogP contribution >= 0.6 is 22.9 Å². The van der Waals surface area contributed by atoms with Crippen LogP contribution in [0.1, 0.15) is 17.8 Å². The van der Waals surface area contributed by atoms with Crippen LogP contribution in [0.5, 0.6) is 0 Å². The summed E-state index contributed by atoms with van der Waals surface area (Å²) in [6, 6.07) is 7.79. The summed E-state index contributed by atoms with van der Waals surface area (Å²) < 4.78 is 1.82. The van der Waals surface area contributed by atoms with E-state index in [4.69, 9.17) is 11.6 Å². The van der Waals surface area contributed by atoms with Gasteiger partial charge in [-0.2, -0.15) is 5.10 Å². The Hall–Kier alpha value is -1.85. The summed E-state index contributed by atoms with van der Waals surface area (Å²) in [4.78, 5) is 5.29. The lowest BCUT2D eigenvalue weighted by atomic mass is 10.2. The first-order chi connectivity index (χ1) is 9.74. The molecule has 3 rings (SSSR count). The van der Waals surface area contributed by atoms with Crippen LogP contribution in [-0.2, 0) is 0 Å². The summed E-state index contributed by atoms with van der Waals surface area (Å²) in [5, 5.41) is 8.43. The first-order valence-electron chi connectivity index (χ1n) is 6.18. The highest BCUT2D eigenvalue weighted by atomic mass is 35.5. The number of aromatic nitrogens is 3. The van der Waals surface area contributed by atoms with Crippen molar-refractivity contribution >= 4 is 28.6 Å². The van der Waals surface area contributed by atoms with Gasteiger partial charge in [0.1, 0.15) is 0 Å². The zero-order valence-corrected chi connectivity index (χ0v) is 12.4. The smallest absolute Gasteiger partial charge is 0.0878 e. The molecule has 102 valence electrons. The lowest BCUT2D eigenvalue weighted by Crippen LogP contribution is -2.08. The van der Waals surface area contributed by atoms with Gasteiger partial charge in [-0.1, -0.05) is 11.6 Å². The molecule has 2 aromatic heterocycles. The van der Waals surface area contributed by atoms with Crippen molar-refractivity contribution in [3.8, 4) is 5.69 Å². The summed E-state index contributed by atoms with van der Waals surface area (Å²) >= 11 is 7.74. The summed E-state index contributed by atoms with van der Waals surface area (Å²) in [5.41, 5.74) is 3.75. The molecule has 0 aliphatic carbocycles. The fourth-order valence-corrected chi connectivity index (χ4v) is 2.78. The third kappa shape index (κ3) is 2.69. The Bertz CT molecular complexity index is 679. The minimum absolute atomic E-state index is 0.162. The van der Waals surface area contributed by atoms with Crippen molar-refractivity contribution in [2.24, 2.45) is 0 Å². The zero-order valence-electron chi connectivity index (χ0n) is 10.8. The normalized spacial score (nSPS) is 12.3. The molecule has 0 fully saturated rings. The van der Waals surface area contributed by atoms with Crippen LogP contribution in [0.25, 0.3) is 5.69 Å². The van der Waals surface area contributed by atoms with Crippen LogP contribution in [0, 0.1) is 0 Å². The molecule has 3 aromatic rings. The third-order valence-corrected chi connectivity index (χ3v) is 4.15. The van der Waals surface area contributed by atoms with Gasteiger partial charge in [-0.05, 0) is 31.2 Å². The molecule has 0 radical (unpaired) electrons. The summed E-state index contributed by atoms with van der Waals surface area (Å²) in [7, 11) is 0. The van der Waals surface area contributed by atoms with Gasteiger partial charge in [-0.25, -0.2) is 4.68 Å². The largest absolute Gasteiger partial charge is 0.376 e. The number of hydrogen-bond donors (Lipinski definition) is 1. The van der Waals surface area contributed by atoms with Gasteiger partial charge < -0.3 is 5.32 Å². The van der Waals surface area contributed by atoms with E-state index in [2.05, 4.69) is 22.3 Å². The molecule has 20 heavy (non-hydrogen) atoms. The number of nitrogens with one attached hydrogen (secondary N) is 1. The molecule has 0 saturated carbocycles. The van der Waals surface area contributed by atoms with Crippen molar-refractivity contribution in [3.05, 3.63) is 58.3 Å². The molecule has 0 aliphatic rings. The number of hydrogen-bond acceptors (Lipinski definition) is 4. The van der Waals surface area contributed by atoms with E-state index in [0.29, 0.717) is 5.02 Å². The molecule has 1 unspecified atom stereocenters. The van der Waals surface area contributed by atoms with E-state index < -0.39 is 0 Å². The maximum atomic E-state index is 6.11. The molecule has 1 N–H and O–H groups in total. The first-order valence-corrected chi connectivity index (χ1v) is 7.44. The first kappa shape index (κ1) is 13.1. The molecule has 0 bridgehead atoms. The predicted octanol–water partition coefficient (Wildman–Crippen LogP) is 4.16. The monoisotopic (exact) mass is 304 g/mol. The quantitative estimate of drug-likeness (QED) is 0.787. The molecule has 1 atom stereocenters. The number of anilines is 1. The van der Waals surface area contributed by atoms with Crippen molar-refractivity contribution in [2.45, 2.75) is 13.0 Å². The van der Waals surface area contributed by atoms with Gasteiger partial charge in [0.15, 0.2) is 0 Å². The number of thiazole rings is 1. The standard InChI is InChI=1S/C14H13ClN4S/c1-10(14-8-16-9-20-14)18-12-7-11(15)3-4-13(12)19-6-2-5-17-19/h2-10,18H,1H3. The Labute approximate surface area is 126 Å². The molecule has 0 spiro atoms. The fourth-order valence-electron chi connectivity index (χ4n) is 1.98. The topological polar surface area (TPSA) is 42.7 Å². The predicted molar refractivity (Wildman–Crippen MR) is 82.7 cm³/mol. The van der Waals surface area contributed by atoms with Crippen molar-refractivity contribution in [2.75, 3.05) is 5.32 Å². The second-order valence-corrected chi connectivity index (χ2v) is 5.74. The Balaban J connectivity index is 1.94. The second-order valence-electron chi connectivity index (χ2n) is 4.38. The molecule has 1 aromatic carbocycles. The lowest BCUT2D eigenvalue weighted by Gasteiger charge is -2.17. The van der Waals surface area contributed by atoms with E-state index in [0.717, 1.165) is 11.4 Å². The highest BCUT2D eigenvalue weighted by Gasteiger charge is 2.11. The van der Waals surface area contributed by atoms with Gasteiger partial charge in [0.2, 0.25) is 0 Å². The molecule has 0 saturated heterocycles. The molecular formula is C14H13ClN4S. The Morgan fingerprint density at radius 3 is 3.00 bits per heavy atom. The van der Waals surface area contributed by atoms with E-state index in [1.54, 1.807) is 17.5 Å². The van der Waals surface area contributed by atoms with Gasteiger partial charge in [0.25, 0.3) is 0 Å². The van der Waals surface area contributed by atoms with E-state index in [-0.39, 0.29) is 6.04 Å². The van der Waals surface area contributed by atoms with Gasteiger partial charge in [-0.3, -0.25) is 4.98 Å². The van der Waals surface area contributed by atoms with Gasteiger partial charge in [-0.15, -0.1) is 11.3 Å². The highest BCUT2D eigenvalue weighted by Crippen LogP contribution is 2.28. The summed E-state index contributed by atoms with van der Waals surface area (Å²) in [6.45, 7) is 2.10. The molecule has 4 nitrogen and oxygen atoms in total. The zero-order chi connectivity index (χ0) is 13.9. The molecule has 2 heterocycles. The van der Waals surface area contributed by atoms with Crippen LogP contribution in [-0.4, -0.2) is 14.8 Å². The van der Waals surface area contributed by atoms with Gasteiger partial charge in [0, 0.05) is 28.5 Å².